The van der Waals surface area contributed by atoms with Crippen molar-refractivity contribution in [3.8, 4) is 22.6 Å². The number of fused-ring (bicyclic) bond motifs is 1. The molecular formula is C35H32N2O8S2. The molecule has 0 spiro atoms. The van der Waals surface area contributed by atoms with E-state index in [1.165, 1.54) is 36.4 Å². The summed E-state index contributed by atoms with van der Waals surface area (Å²) < 4.78 is 58.3. The highest BCUT2D eigenvalue weighted by Crippen LogP contribution is 2.36. The second-order valence-corrected chi connectivity index (χ2v) is 15.1. The van der Waals surface area contributed by atoms with Crippen LogP contribution in [0.2, 0.25) is 0 Å². The molecule has 0 radical (unpaired) electrons. The van der Waals surface area contributed by atoms with Gasteiger partial charge in [0.15, 0.2) is 15.6 Å². The van der Waals surface area contributed by atoms with Crippen molar-refractivity contribution in [2.75, 3.05) is 18.1 Å². The topological polar surface area (TPSA) is 156 Å². The fraction of sp³-hybridized carbons (Fsp3) is 0.143. The number of sulfone groups is 1. The monoisotopic (exact) mass is 672 g/mol. The van der Waals surface area contributed by atoms with Crippen LogP contribution in [0.15, 0.2) is 113 Å². The van der Waals surface area contributed by atoms with Crippen LogP contribution in [-0.4, -0.2) is 46.6 Å². The molecule has 0 aliphatic carbocycles. The number of sulfonamides is 1. The Labute approximate surface area is 273 Å². The van der Waals surface area contributed by atoms with E-state index >= 15 is 0 Å². The van der Waals surface area contributed by atoms with E-state index in [9.17, 15) is 31.5 Å². The first-order valence-electron chi connectivity index (χ1n) is 14.5. The van der Waals surface area contributed by atoms with Gasteiger partial charge in [-0.3, -0.25) is 4.79 Å². The highest BCUT2D eigenvalue weighted by molar-refractivity contribution is 7.90. The van der Waals surface area contributed by atoms with Gasteiger partial charge in [0.2, 0.25) is 10.0 Å². The van der Waals surface area contributed by atoms with Crippen LogP contribution < -0.4 is 14.8 Å². The summed E-state index contributed by atoms with van der Waals surface area (Å²) in [4.78, 5) is 25.5. The summed E-state index contributed by atoms with van der Waals surface area (Å²) in [7, 11) is -7.30. The number of nitrogens with one attached hydrogen (secondary N) is 2. The first kappa shape index (κ1) is 33.3. The fourth-order valence-corrected chi connectivity index (χ4v) is 6.57. The quantitative estimate of drug-likeness (QED) is 0.142. The molecule has 0 aliphatic rings. The standard InChI is InChI=1S/C35H32N2O8S2/c1-22(2)21-36-47(43,44)28-14-12-24(13-15-28)23-8-10-25(11-9-23)34(38)37-31-20-29(46(3,41)42)16-17-32(31)45-33-19-27-7-5-4-6-26(27)18-30(33)35(39)40/h4-20,22,36H,21H2,1-3H3,(H,37,38)(H,39,40). The molecule has 1 amide bonds. The molecular weight excluding hydrogens is 641 g/mol. The van der Waals surface area contributed by atoms with E-state index in [0.717, 1.165) is 22.8 Å². The Morgan fingerprint density at radius 2 is 1.32 bits per heavy atom. The molecule has 0 fully saturated rings. The smallest absolute Gasteiger partial charge is 0.339 e. The Morgan fingerprint density at radius 1 is 0.745 bits per heavy atom. The predicted octanol–water partition coefficient (Wildman–Crippen LogP) is 6.59. The summed E-state index contributed by atoms with van der Waals surface area (Å²) in [5.41, 5.74) is 1.64. The van der Waals surface area contributed by atoms with Crippen LogP contribution in [-0.2, 0) is 19.9 Å². The zero-order valence-corrected chi connectivity index (χ0v) is 27.4. The van der Waals surface area contributed by atoms with E-state index < -0.39 is 31.7 Å². The Hall–Kier alpha value is -5.04. The number of hydrogen-bond donors (Lipinski definition) is 3. The molecule has 0 saturated heterocycles. The largest absolute Gasteiger partial charge is 0.478 e. The van der Waals surface area contributed by atoms with Crippen molar-refractivity contribution in [2.45, 2.75) is 23.6 Å². The number of ether oxygens (including phenoxy) is 1. The van der Waals surface area contributed by atoms with E-state index in [-0.39, 0.29) is 44.0 Å². The Morgan fingerprint density at radius 3 is 1.89 bits per heavy atom. The number of carboxylic acid groups (broad SMARTS) is 1. The third-order valence-electron chi connectivity index (χ3n) is 7.25. The first-order chi connectivity index (χ1) is 22.2. The van der Waals surface area contributed by atoms with Gasteiger partial charge in [0.1, 0.15) is 11.3 Å². The summed E-state index contributed by atoms with van der Waals surface area (Å²) in [6, 6.07) is 27.1. The average molecular weight is 673 g/mol. The summed E-state index contributed by atoms with van der Waals surface area (Å²) in [6.07, 6.45) is 1.03. The predicted molar refractivity (Wildman–Crippen MR) is 180 cm³/mol. The molecule has 5 aromatic carbocycles. The van der Waals surface area contributed by atoms with Gasteiger partial charge in [-0.05, 0) is 82.4 Å². The highest BCUT2D eigenvalue weighted by Gasteiger charge is 2.20. The van der Waals surface area contributed by atoms with Gasteiger partial charge in [0.25, 0.3) is 5.91 Å². The van der Waals surface area contributed by atoms with Crippen molar-refractivity contribution in [3.63, 3.8) is 0 Å². The first-order valence-corrected chi connectivity index (χ1v) is 17.9. The molecule has 10 nitrogen and oxygen atoms in total. The lowest BCUT2D eigenvalue weighted by atomic mass is 10.0. The van der Waals surface area contributed by atoms with Crippen molar-refractivity contribution in [3.05, 3.63) is 114 Å². The van der Waals surface area contributed by atoms with Crippen molar-refractivity contribution in [1.82, 2.24) is 4.72 Å². The number of benzene rings is 5. The van der Waals surface area contributed by atoms with Gasteiger partial charge >= 0.3 is 5.97 Å². The Balaban J connectivity index is 1.41. The molecule has 0 heterocycles. The van der Waals surface area contributed by atoms with E-state index in [0.29, 0.717) is 11.9 Å². The molecule has 0 bridgehead atoms. The number of anilines is 1. The maximum absolute atomic E-state index is 13.4. The Bertz CT molecular complexity index is 2200. The van der Waals surface area contributed by atoms with Crippen molar-refractivity contribution in [1.29, 1.82) is 0 Å². The number of carbonyl (C=O) groups is 2. The summed E-state index contributed by atoms with van der Waals surface area (Å²) >= 11 is 0. The molecule has 0 unspecified atom stereocenters. The van der Waals surface area contributed by atoms with Gasteiger partial charge in [-0.15, -0.1) is 0 Å². The molecule has 47 heavy (non-hydrogen) atoms. The summed E-state index contributed by atoms with van der Waals surface area (Å²) in [5, 5.41) is 14.0. The maximum atomic E-state index is 13.4. The molecule has 0 aliphatic heterocycles. The van der Waals surface area contributed by atoms with Gasteiger partial charge < -0.3 is 15.2 Å². The van der Waals surface area contributed by atoms with Gasteiger partial charge in [0.05, 0.1) is 15.5 Å². The van der Waals surface area contributed by atoms with Crippen LogP contribution in [0.1, 0.15) is 34.6 Å². The summed E-state index contributed by atoms with van der Waals surface area (Å²) in [6.45, 7) is 4.16. The SMILES string of the molecule is CC(C)CNS(=O)(=O)c1ccc(-c2ccc(C(=O)Nc3cc(S(C)(=O)=O)ccc3Oc3cc4ccccc4cc3C(=O)O)cc2)cc1. The van der Waals surface area contributed by atoms with Gasteiger partial charge in [-0.1, -0.05) is 62.4 Å². The minimum atomic E-state index is -3.66. The summed E-state index contributed by atoms with van der Waals surface area (Å²) in [5.74, 6) is -1.57. The molecule has 5 aromatic rings. The van der Waals surface area contributed by atoms with Crippen LogP contribution in [0.5, 0.6) is 11.5 Å². The van der Waals surface area contributed by atoms with Gasteiger partial charge in [-0.25, -0.2) is 26.4 Å². The molecule has 3 N–H and O–H groups in total. The fourth-order valence-electron chi connectivity index (χ4n) is 4.71. The molecule has 0 saturated carbocycles. The lowest BCUT2D eigenvalue weighted by molar-refractivity contribution is 0.0694. The van der Waals surface area contributed by atoms with Crippen LogP contribution in [0, 0.1) is 5.92 Å². The minimum Gasteiger partial charge on any atom is -0.478 e. The van der Waals surface area contributed by atoms with Crippen molar-refractivity contribution in [2.24, 2.45) is 5.92 Å². The molecule has 0 aromatic heterocycles. The highest BCUT2D eigenvalue weighted by atomic mass is 32.2. The van der Waals surface area contributed by atoms with Gasteiger partial charge in [0, 0.05) is 18.4 Å². The minimum absolute atomic E-state index is 0.0117. The number of rotatable bonds is 11. The zero-order valence-electron chi connectivity index (χ0n) is 25.7. The molecule has 12 heteroatoms. The van der Waals surface area contributed by atoms with Crippen LogP contribution >= 0.6 is 0 Å². The lowest BCUT2D eigenvalue weighted by Gasteiger charge is -2.16. The molecule has 5 rings (SSSR count). The van der Waals surface area contributed by atoms with E-state index in [2.05, 4.69) is 10.0 Å². The number of carboxylic acids is 1. The third kappa shape index (κ3) is 7.86. The lowest BCUT2D eigenvalue weighted by Crippen LogP contribution is -2.27. The number of aromatic carboxylic acids is 1. The number of carbonyl (C=O) groups excluding carboxylic acids is 1. The van der Waals surface area contributed by atoms with Crippen LogP contribution in [0.3, 0.4) is 0 Å². The average Bonchev–Trinajstić information content (AvgIpc) is 3.04. The molecule has 0 atom stereocenters. The van der Waals surface area contributed by atoms with E-state index in [1.54, 1.807) is 66.7 Å². The number of amides is 1. The second-order valence-electron chi connectivity index (χ2n) is 11.3. The normalized spacial score (nSPS) is 11.8. The zero-order chi connectivity index (χ0) is 33.9. The third-order valence-corrected chi connectivity index (χ3v) is 9.80. The van der Waals surface area contributed by atoms with E-state index in [4.69, 9.17) is 4.74 Å². The van der Waals surface area contributed by atoms with Crippen molar-refractivity contribution < 1.29 is 36.3 Å². The number of hydrogen-bond acceptors (Lipinski definition) is 7. The Kier molecular flexibility index (Phi) is 9.48. The van der Waals surface area contributed by atoms with E-state index in [1.807, 2.05) is 13.8 Å². The van der Waals surface area contributed by atoms with Crippen molar-refractivity contribution >= 4 is 48.2 Å². The maximum Gasteiger partial charge on any atom is 0.339 e. The molecule has 242 valence electrons. The van der Waals surface area contributed by atoms with Crippen LogP contribution in [0.25, 0.3) is 21.9 Å². The van der Waals surface area contributed by atoms with Gasteiger partial charge in [-0.2, -0.15) is 0 Å². The van der Waals surface area contributed by atoms with Crippen LogP contribution in [0.4, 0.5) is 5.69 Å². The second kappa shape index (κ2) is 13.4.